The van der Waals surface area contributed by atoms with Crippen LogP contribution in [0.5, 0.6) is 0 Å². The van der Waals surface area contributed by atoms with Gasteiger partial charge in [-0.3, -0.25) is 9.10 Å². The first-order chi connectivity index (χ1) is 11.4. The number of hydrogen-bond donors (Lipinski definition) is 1. The molecular weight excluding hydrogens is 324 g/mol. The lowest BCUT2D eigenvalue weighted by molar-refractivity contribution is -0.122. The van der Waals surface area contributed by atoms with Crippen molar-refractivity contribution in [3.63, 3.8) is 0 Å². The van der Waals surface area contributed by atoms with Gasteiger partial charge in [-0.1, -0.05) is 44.4 Å². The fourth-order valence-electron chi connectivity index (χ4n) is 3.39. The summed E-state index contributed by atoms with van der Waals surface area (Å²) in [5.41, 5.74) is 0.527. The molecule has 1 aliphatic rings. The lowest BCUT2D eigenvalue weighted by Gasteiger charge is -2.31. The Kier molecular flexibility index (Phi) is 6.66. The van der Waals surface area contributed by atoms with E-state index in [9.17, 15) is 13.2 Å². The van der Waals surface area contributed by atoms with Gasteiger partial charge in [0.1, 0.15) is 6.04 Å². The molecule has 1 fully saturated rings. The molecule has 0 radical (unpaired) electrons. The van der Waals surface area contributed by atoms with Crippen molar-refractivity contribution in [3.05, 3.63) is 30.3 Å². The zero-order valence-corrected chi connectivity index (χ0v) is 15.4. The maximum absolute atomic E-state index is 12.7. The largest absolute Gasteiger partial charge is 0.354 e. The molecule has 0 heterocycles. The van der Waals surface area contributed by atoms with Gasteiger partial charge in [-0.25, -0.2) is 8.42 Å². The van der Waals surface area contributed by atoms with Gasteiger partial charge >= 0.3 is 0 Å². The topological polar surface area (TPSA) is 66.5 Å². The highest BCUT2D eigenvalue weighted by molar-refractivity contribution is 7.92. The van der Waals surface area contributed by atoms with Crippen LogP contribution in [-0.4, -0.2) is 33.2 Å². The number of anilines is 1. The maximum Gasteiger partial charge on any atom is 0.243 e. The number of carbonyl (C=O) groups excluding carboxylic acids is 1. The minimum Gasteiger partial charge on any atom is -0.354 e. The van der Waals surface area contributed by atoms with Gasteiger partial charge in [0.05, 0.1) is 11.9 Å². The molecule has 1 amide bonds. The van der Waals surface area contributed by atoms with Gasteiger partial charge in [-0.2, -0.15) is 0 Å². The quantitative estimate of drug-likeness (QED) is 0.820. The molecule has 1 aliphatic carbocycles. The van der Waals surface area contributed by atoms with Crippen molar-refractivity contribution in [2.75, 3.05) is 17.1 Å². The van der Waals surface area contributed by atoms with Crippen LogP contribution in [0.1, 0.15) is 45.4 Å². The first kappa shape index (κ1) is 18.8. The molecule has 6 heteroatoms. The molecule has 1 atom stereocenters. The average Bonchev–Trinajstić information content (AvgIpc) is 2.58. The third-order valence-corrected chi connectivity index (χ3v) is 5.81. The number of sulfonamides is 1. The molecular formula is C18H28N2O3S. The lowest BCUT2D eigenvalue weighted by Crippen LogP contribution is -2.50. The van der Waals surface area contributed by atoms with Crippen LogP contribution in [0.2, 0.25) is 0 Å². The molecule has 24 heavy (non-hydrogen) atoms. The van der Waals surface area contributed by atoms with E-state index in [1.807, 2.05) is 13.0 Å². The van der Waals surface area contributed by atoms with E-state index in [0.29, 0.717) is 24.6 Å². The third kappa shape index (κ3) is 4.97. The van der Waals surface area contributed by atoms with Crippen molar-refractivity contribution in [1.82, 2.24) is 5.32 Å². The lowest BCUT2D eigenvalue weighted by atomic mass is 9.89. The average molecular weight is 353 g/mol. The summed E-state index contributed by atoms with van der Waals surface area (Å²) < 4.78 is 25.8. The maximum atomic E-state index is 12.7. The van der Waals surface area contributed by atoms with Gasteiger partial charge in [-0.15, -0.1) is 0 Å². The van der Waals surface area contributed by atoms with Crippen molar-refractivity contribution in [1.29, 1.82) is 0 Å². The summed E-state index contributed by atoms with van der Waals surface area (Å²) in [6, 6.07) is 8.11. The minimum atomic E-state index is -3.54. The Morgan fingerprint density at radius 1 is 1.21 bits per heavy atom. The van der Waals surface area contributed by atoms with Gasteiger partial charge in [-0.05, 0) is 37.3 Å². The van der Waals surface area contributed by atoms with Crippen LogP contribution in [0.3, 0.4) is 0 Å². The highest BCUT2D eigenvalue weighted by atomic mass is 32.2. The van der Waals surface area contributed by atoms with Crippen LogP contribution in [0.15, 0.2) is 30.3 Å². The zero-order chi connectivity index (χ0) is 17.6. The molecule has 0 unspecified atom stereocenters. The van der Waals surface area contributed by atoms with E-state index < -0.39 is 16.1 Å². The number of hydrogen-bond acceptors (Lipinski definition) is 3. The van der Waals surface area contributed by atoms with Crippen molar-refractivity contribution < 1.29 is 13.2 Å². The minimum absolute atomic E-state index is 0.211. The predicted octanol–water partition coefficient (Wildman–Crippen LogP) is 2.93. The molecule has 1 aromatic rings. The van der Waals surface area contributed by atoms with E-state index >= 15 is 0 Å². The Morgan fingerprint density at radius 2 is 1.83 bits per heavy atom. The Balaban J connectivity index is 2.12. The number of nitrogens with zero attached hydrogens (tertiary/aromatic N) is 1. The Bertz CT molecular complexity index is 625. The van der Waals surface area contributed by atoms with Crippen molar-refractivity contribution in [2.45, 2.75) is 51.5 Å². The first-order valence-corrected chi connectivity index (χ1v) is 10.6. The highest BCUT2D eigenvalue weighted by Crippen LogP contribution is 2.24. The van der Waals surface area contributed by atoms with E-state index in [0.717, 1.165) is 19.1 Å². The summed E-state index contributed by atoms with van der Waals surface area (Å²) in [6.45, 7) is 2.48. The summed E-state index contributed by atoms with van der Waals surface area (Å²) in [5.74, 6) is 0.306. The fraction of sp³-hybridized carbons (Fsp3) is 0.611. The molecule has 0 bridgehead atoms. The molecule has 2 rings (SSSR count). The molecule has 0 saturated heterocycles. The summed E-state index contributed by atoms with van der Waals surface area (Å²) >= 11 is 0. The summed E-state index contributed by atoms with van der Waals surface area (Å²) in [4.78, 5) is 12.7. The standard InChI is InChI=1S/C18H28N2O3S/c1-3-17(18(21)19-14-15-10-6-4-7-11-15)20(24(2,22)23)16-12-8-5-9-13-16/h5,8-9,12-13,15,17H,3-4,6-7,10-11,14H2,1-2H3,(H,19,21)/t17-/m1/s1. The second-order valence-corrected chi connectivity index (χ2v) is 8.43. The molecule has 1 N–H and O–H groups in total. The van der Waals surface area contributed by atoms with E-state index in [2.05, 4.69) is 5.32 Å². The Hall–Kier alpha value is -1.56. The fourth-order valence-corrected chi connectivity index (χ4v) is 4.60. The third-order valence-electron chi connectivity index (χ3n) is 4.63. The number of nitrogens with one attached hydrogen (secondary N) is 1. The van der Waals surface area contributed by atoms with Crippen molar-refractivity contribution >= 4 is 21.6 Å². The van der Waals surface area contributed by atoms with E-state index in [-0.39, 0.29) is 5.91 Å². The summed E-state index contributed by atoms with van der Waals surface area (Å²) in [7, 11) is -3.54. The monoisotopic (exact) mass is 352 g/mol. The smallest absolute Gasteiger partial charge is 0.243 e. The van der Waals surface area contributed by atoms with Crippen molar-refractivity contribution in [3.8, 4) is 0 Å². The number of rotatable bonds is 7. The SMILES string of the molecule is CC[C@H](C(=O)NCC1CCCCC1)N(c1ccccc1)S(C)(=O)=O. The van der Waals surface area contributed by atoms with Crippen LogP contribution >= 0.6 is 0 Å². The molecule has 0 aliphatic heterocycles. The van der Waals surface area contributed by atoms with E-state index in [4.69, 9.17) is 0 Å². The van der Waals surface area contributed by atoms with Crippen molar-refractivity contribution in [2.24, 2.45) is 5.92 Å². The zero-order valence-electron chi connectivity index (χ0n) is 14.6. The van der Waals surface area contributed by atoms with Gasteiger partial charge < -0.3 is 5.32 Å². The number of amides is 1. The molecule has 1 aromatic carbocycles. The van der Waals surface area contributed by atoms with Gasteiger partial charge in [0.25, 0.3) is 0 Å². The van der Waals surface area contributed by atoms with Gasteiger partial charge in [0.15, 0.2) is 0 Å². The van der Waals surface area contributed by atoms with E-state index in [1.54, 1.807) is 24.3 Å². The van der Waals surface area contributed by atoms with Crippen LogP contribution in [0.4, 0.5) is 5.69 Å². The van der Waals surface area contributed by atoms with Crippen LogP contribution in [0.25, 0.3) is 0 Å². The number of benzene rings is 1. The van der Waals surface area contributed by atoms with Gasteiger partial charge in [0, 0.05) is 6.54 Å². The predicted molar refractivity (Wildman–Crippen MR) is 97.4 cm³/mol. The highest BCUT2D eigenvalue weighted by Gasteiger charge is 2.31. The van der Waals surface area contributed by atoms with Crippen LogP contribution in [0, 0.1) is 5.92 Å². The number of para-hydroxylation sites is 1. The Labute approximate surface area is 145 Å². The molecule has 1 saturated carbocycles. The molecule has 134 valence electrons. The van der Waals surface area contributed by atoms with Crippen LogP contribution < -0.4 is 9.62 Å². The number of carbonyl (C=O) groups is 1. The van der Waals surface area contributed by atoms with Crippen LogP contribution in [-0.2, 0) is 14.8 Å². The second-order valence-electron chi connectivity index (χ2n) is 6.57. The molecule has 0 aromatic heterocycles. The second kappa shape index (κ2) is 8.51. The summed E-state index contributed by atoms with van der Waals surface area (Å²) in [6.07, 6.45) is 7.58. The van der Waals surface area contributed by atoms with Gasteiger partial charge in [0.2, 0.25) is 15.9 Å². The summed E-state index contributed by atoms with van der Waals surface area (Å²) in [5, 5.41) is 2.98. The molecule has 5 nitrogen and oxygen atoms in total. The Morgan fingerprint density at radius 3 is 2.38 bits per heavy atom. The molecule has 0 spiro atoms. The normalized spacial score (nSPS) is 17.2. The van der Waals surface area contributed by atoms with E-state index in [1.165, 1.54) is 23.6 Å². The first-order valence-electron chi connectivity index (χ1n) is 8.75.